The quantitative estimate of drug-likeness (QED) is 0.718. The molecule has 1 aromatic carbocycles. The number of aromatic nitrogens is 1. The van der Waals surface area contributed by atoms with Crippen LogP contribution in [0.5, 0.6) is 0 Å². The lowest BCUT2D eigenvalue weighted by Crippen LogP contribution is -1.93. The van der Waals surface area contributed by atoms with Crippen molar-refractivity contribution in [2.75, 3.05) is 0 Å². The van der Waals surface area contributed by atoms with Crippen molar-refractivity contribution in [3.63, 3.8) is 0 Å². The molecule has 16 heavy (non-hydrogen) atoms. The summed E-state index contributed by atoms with van der Waals surface area (Å²) in [4.78, 5) is 0. The van der Waals surface area contributed by atoms with Gasteiger partial charge in [0.05, 0.1) is 29.5 Å². The number of hydrogen-bond donors (Lipinski definition) is 0. The van der Waals surface area contributed by atoms with Crippen molar-refractivity contribution in [2.24, 2.45) is 7.05 Å². The molecule has 0 atom stereocenters. The van der Waals surface area contributed by atoms with Crippen LogP contribution in [-0.2, 0) is 7.05 Å². The molecule has 0 aliphatic heterocycles. The lowest BCUT2D eigenvalue weighted by Gasteiger charge is -2.05. The van der Waals surface area contributed by atoms with E-state index in [1.807, 2.05) is 23.8 Å². The summed E-state index contributed by atoms with van der Waals surface area (Å²) in [5.41, 5.74) is 2.75. The van der Waals surface area contributed by atoms with Crippen molar-refractivity contribution in [1.82, 2.24) is 4.57 Å². The van der Waals surface area contributed by atoms with Crippen LogP contribution in [0.2, 0.25) is 0 Å². The van der Waals surface area contributed by atoms with E-state index < -0.39 is 0 Å². The summed E-state index contributed by atoms with van der Waals surface area (Å²) < 4.78 is 1.82. The van der Waals surface area contributed by atoms with Crippen molar-refractivity contribution in [3.8, 4) is 23.4 Å². The number of benzene rings is 1. The van der Waals surface area contributed by atoms with Gasteiger partial charge in [0.2, 0.25) is 0 Å². The van der Waals surface area contributed by atoms with Crippen LogP contribution in [0.25, 0.3) is 11.3 Å². The van der Waals surface area contributed by atoms with E-state index in [1.165, 1.54) is 0 Å². The monoisotopic (exact) mass is 206 g/mol. The van der Waals surface area contributed by atoms with Gasteiger partial charge in [-0.05, 0) is 24.3 Å². The highest BCUT2D eigenvalue weighted by Gasteiger charge is 2.08. The average Bonchev–Trinajstić information content (AvgIpc) is 2.74. The highest BCUT2D eigenvalue weighted by atomic mass is 14.9. The molecule has 0 bridgehead atoms. The standard InChI is InChI=1S/C13H8N3/c1-16-6-2-3-13(16)12-5-4-10(8-14)7-11(12)9-15/h2-5,7H,1H3. The minimum absolute atomic E-state index is 0.499. The molecule has 1 aromatic heterocycles. The predicted molar refractivity (Wildman–Crippen MR) is 59.1 cm³/mol. The van der Waals surface area contributed by atoms with E-state index in [9.17, 15) is 0 Å². The number of nitriles is 2. The van der Waals surface area contributed by atoms with Crippen LogP contribution in [0, 0.1) is 28.9 Å². The summed E-state index contributed by atoms with van der Waals surface area (Å²) in [6.07, 6.45) is 2.99. The molecule has 0 unspecified atom stereocenters. The highest BCUT2D eigenvalue weighted by molar-refractivity contribution is 5.69. The molecule has 0 aliphatic rings. The van der Waals surface area contributed by atoms with Gasteiger partial charge in [0.1, 0.15) is 0 Å². The van der Waals surface area contributed by atoms with Gasteiger partial charge in [-0.2, -0.15) is 10.5 Å². The van der Waals surface area contributed by atoms with Crippen molar-refractivity contribution in [2.45, 2.75) is 0 Å². The Morgan fingerprint density at radius 1 is 1.19 bits per heavy atom. The van der Waals surface area contributed by atoms with Crippen molar-refractivity contribution < 1.29 is 0 Å². The maximum Gasteiger partial charge on any atom is 0.0999 e. The Hall–Kier alpha value is -2.52. The minimum atomic E-state index is 0.499. The number of rotatable bonds is 1. The summed E-state index contributed by atoms with van der Waals surface area (Å²) in [5, 5.41) is 17.8. The molecule has 0 amide bonds. The zero-order chi connectivity index (χ0) is 11.5. The first-order chi connectivity index (χ1) is 7.76. The Balaban J connectivity index is 2.64. The average molecular weight is 206 g/mol. The van der Waals surface area contributed by atoms with Crippen molar-refractivity contribution in [1.29, 1.82) is 10.5 Å². The van der Waals surface area contributed by atoms with E-state index in [1.54, 1.807) is 24.3 Å². The second-order valence-electron chi connectivity index (χ2n) is 3.39. The molecule has 0 saturated carbocycles. The second-order valence-corrected chi connectivity index (χ2v) is 3.39. The van der Waals surface area contributed by atoms with E-state index in [2.05, 4.69) is 12.3 Å². The molecule has 1 radical (unpaired) electrons. The van der Waals surface area contributed by atoms with Crippen LogP contribution in [0.15, 0.2) is 30.3 Å². The van der Waals surface area contributed by atoms with Crippen LogP contribution >= 0.6 is 0 Å². The van der Waals surface area contributed by atoms with Gasteiger partial charge in [0.15, 0.2) is 0 Å². The zero-order valence-corrected chi connectivity index (χ0v) is 8.73. The van der Waals surface area contributed by atoms with Gasteiger partial charge < -0.3 is 4.57 Å². The first-order valence-electron chi connectivity index (χ1n) is 4.74. The van der Waals surface area contributed by atoms with E-state index in [0.717, 1.165) is 11.3 Å². The van der Waals surface area contributed by atoms with Gasteiger partial charge >= 0.3 is 0 Å². The van der Waals surface area contributed by atoms with Gasteiger partial charge in [-0.1, -0.05) is 6.07 Å². The Morgan fingerprint density at radius 2 is 2.00 bits per heavy atom. The molecule has 3 heteroatoms. The fraction of sp³-hybridized carbons (Fsp3) is 0.0769. The summed E-state index contributed by atoms with van der Waals surface area (Å²) in [7, 11) is 1.87. The first-order valence-corrected chi connectivity index (χ1v) is 4.74. The third-order valence-electron chi connectivity index (χ3n) is 2.42. The molecular weight excluding hydrogens is 198 g/mol. The molecule has 0 fully saturated rings. The number of nitrogens with zero attached hydrogens (tertiary/aromatic N) is 3. The predicted octanol–water partition coefficient (Wildman–Crippen LogP) is 2.24. The molecule has 3 nitrogen and oxygen atoms in total. The van der Waals surface area contributed by atoms with E-state index in [0.29, 0.717) is 11.1 Å². The van der Waals surface area contributed by atoms with Gasteiger partial charge in [-0.15, -0.1) is 0 Å². The van der Waals surface area contributed by atoms with E-state index in [-0.39, 0.29) is 0 Å². The summed E-state index contributed by atoms with van der Waals surface area (Å²) in [5.74, 6) is 0. The maximum absolute atomic E-state index is 9.05. The molecule has 1 heterocycles. The third-order valence-corrected chi connectivity index (χ3v) is 2.42. The maximum atomic E-state index is 9.05. The molecule has 2 rings (SSSR count). The largest absolute Gasteiger partial charge is 0.342 e. The van der Waals surface area contributed by atoms with Crippen LogP contribution in [-0.4, -0.2) is 4.57 Å². The number of hydrogen-bond acceptors (Lipinski definition) is 2. The van der Waals surface area contributed by atoms with E-state index in [4.69, 9.17) is 10.5 Å². The molecule has 0 N–H and O–H groups in total. The Labute approximate surface area is 93.8 Å². The fourth-order valence-electron chi connectivity index (χ4n) is 1.61. The van der Waals surface area contributed by atoms with Crippen LogP contribution in [0.1, 0.15) is 11.1 Å². The topological polar surface area (TPSA) is 52.5 Å². The van der Waals surface area contributed by atoms with Gasteiger partial charge in [0.25, 0.3) is 0 Å². The Kier molecular flexibility index (Phi) is 2.45. The summed E-state index contributed by atoms with van der Waals surface area (Å²) >= 11 is 0. The zero-order valence-electron chi connectivity index (χ0n) is 8.73. The van der Waals surface area contributed by atoms with Gasteiger partial charge in [0, 0.05) is 18.3 Å². The smallest absolute Gasteiger partial charge is 0.0999 e. The third kappa shape index (κ3) is 1.55. The SMILES string of the molecule is Cn1[c]ccc1-c1ccc(C#N)cc1C#N. The highest BCUT2D eigenvalue weighted by Crippen LogP contribution is 2.23. The van der Waals surface area contributed by atoms with Gasteiger partial charge in [-0.25, -0.2) is 0 Å². The van der Waals surface area contributed by atoms with Crippen molar-refractivity contribution >= 4 is 0 Å². The van der Waals surface area contributed by atoms with Crippen LogP contribution in [0.3, 0.4) is 0 Å². The first kappa shape index (κ1) is 10.0. The molecular formula is C13H8N3. The summed E-state index contributed by atoms with van der Waals surface area (Å²) in [6.45, 7) is 0. The van der Waals surface area contributed by atoms with E-state index >= 15 is 0 Å². The summed E-state index contributed by atoms with van der Waals surface area (Å²) in [6, 6.07) is 12.9. The lowest BCUT2D eigenvalue weighted by atomic mass is 10.0. The molecule has 0 saturated heterocycles. The van der Waals surface area contributed by atoms with Gasteiger partial charge in [-0.3, -0.25) is 0 Å². The fourth-order valence-corrected chi connectivity index (χ4v) is 1.61. The van der Waals surface area contributed by atoms with Crippen molar-refractivity contribution in [3.05, 3.63) is 47.7 Å². The molecule has 0 aliphatic carbocycles. The molecule has 2 aromatic rings. The minimum Gasteiger partial charge on any atom is -0.342 e. The Morgan fingerprint density at radius 3 is 2.56 bits per heavy atom. The molecule has 0 spiro atoms. The number of aryl methyl sites for hydroxylation is 1. The Bertz CT molecular complexity index is 609. The second kappa shape index (κ2) is 3.92. The van der Waals surface area contributed by atoms with Crippen LogP contribution in [0.4, 0.5) is 0 Å². The molecule has 75 valence electrons. The normalized spacial score (nSPS) is 9.44. The lowest BCUT2D eigenvalue weighted by molar-refractivity contribution is 0.928. The van der Waals surface area contributed by atoms with Crippen LogP contribution < -0.4 is 0 Å².